The predicted octanol–water partition coefficient (Wildman–Crippen LogP) is 3.99. The van der Waals surface area contributed by atoms with Gasteiger partial charge in [0.1, 0.15) is 12.1 Å². The van der Waals surface area contributed by atoms with Crippen LogP contribution in [0.2, 0.25) is 0 Å². The Labute approximate surface area is 164 Å². The second-order valence-corrected chi connectivity index (χ2v) is 6.59. The molecule has 1 heterocycles. The van der Waals surface area contributed by atoms with E-state index in [1.807, 2.05) is 6.07 Å². The van der Waals surface area contributed by atoms with Crippen LogP contribution in [-0.4, -0.2) is 31.1 Å². The van der Waals surface area contributed by atoms with Gasteiger partial charge < -0.3 is 15.1 Å². The van der Waals surface area contributed by atoms with Crippen LogP contribution < -0.4 is 10.6 Å². The molecular weight excluding hydrogens is 355 g/mol. The number of rotatable bonds is 7. The topological polar surface area (TPSA) is 62.5 Å². The summed E-state index contributed by atoms with van der Waals surface area (Å²) in [5, 5.41) is 6.64. The molecule has 0 aliphatic carbocycles. The zero-order valence-corrected chi connectivity index (χ0v) is 16.2. The van der Waals surface area contributed by atoms with Crippen molar-refractivity contribution < 1.29 is 8.81 Å². The monoisotopic (exact) mass is 380 g/mol. The maximum Gasteiger partial charge on any atom is 0.226 e. The van der Waals surface area contributed by atoms with Crippen molar-refractivity contribution in [2.24, 2.45) is 4.99 Å². The molecule has 0 amide bonds. The van der Waals surface area contributed by atoms with Crippen LogP contribution in [-0.2, 0) is 6.42 Å². The molecule has 6 heteroatoms. The van der Waals surface area contributed by atoms with E-state index < -0.39 is 0 Å². The molecule has 28 heavy (non-hydrogen) atoms. The number of nitrogens with one attached hydrogen (secondary N) is 2. The van der Waals surface area contributed by atoms with E-state index in [9.17, 15) is 4.39 Å². The Hall–Kier alpha value is -3.15. The Morgan fingerprint density at radius 2 is 1.86 bits per heavy atom. The molecule has 2 aromatic carbocycles. The minimum atomic E-state index is -0.278. The van der Waals surface area contributed by atoms with Crippen molar-refractivity contribution in [3.63, 3.8) is 0 Å². The molecule has 2 N–H and O–H groups in total. The summed E-state index contributed by atoms with van der Waals surface area (Å²) >= 11 is 0. The molecular formula is C22H25FN4O. The molecule has 3 aromatic rings. The smallest absolute Gasteiger partial charge is 0.226 e. The number of halogens is 1. The van der Waals surface area contributed by atoms with E-state index in [4.69, 9.17) is 4.42 Å². The molecule has 1 atom stereocenters. The minimum absolute atomic E-state index is 0.278. The largest absolute Gasteiger partial charge is 0.444 e. The summed E-state index contributed by atoms with van der Waals surface area (Å²) in [6.07, 6.45) is 2.33. The molecule has 1 aromatic heterocycles. The molecule has 0 saturated carbocycles. The molecule has 0 saturated heterocycles. The standard InChI is InChI=1S/C22H25FN4O/c1-16(17-6-4-3-5-7-17)14-26-22(24-2)25-13-12-20-15-28-21(27-20)18-8-10-19(23)11-9-18/h3-11,15-16H,12-14H2,1-2H3,(H2,24,25,26). The lowest BCUT2D eigenvalue weighted by Crippen LogP contribution is -2.39. The summed E-state index contributed by atoms with van der Waals surface area (Å²) in [7, 11) is 1.76. The molecule has 0 aliphatic rings. The fourth-order valence-electron chi connectivity index (χ4n) is 2.83. The van der Waals surface area contributed by atoms with E-state index >= 15 is 0 Å². The third kappa shape index (κ3) is 5.42. The van der Waals surface area contributed by atoms with Crippen molar-refractivity contribution in [1.29, 1.82) is 0 Å². The van der Waals surface area contributed by atoms with Gasteiger partial charge >= 0.3 is 0 Å². The molecule has 0 bridgehead atoms. The van der Waals surface area contributed by atoms with E-state index in [2.05, 4.69) is 51.8 Å². The van der Waals surface area contributed by atoms with E-state index in [0.717, 1.165) is 23.8 Å². The van der Waals surface area contributed by atoms with Crippen LogP contribution in [0, 0.1) is 5.82 Å². The van der Waals surface area contributed by atoms with Gasteiger partial charge in [-0.2, -0.15) is 0 Å². The summed E-state index contributed by atoms with van der Waals surface area (Å²) in [5.74, 6) is 1.35. The van der Waals surface area contributed by atoms with E-state index in [1.165, 1.54) is 17.7 Å². The van der Waals surface area contributed by atoms with Crippen LogP contribution in [0.3, 0.4) is 0 Å². The predicted molar refractivity (Wildman–Crippen MR) is 110 cm³/mol. The molecule has 1 unspecified atom stereocenters. The first-order valence-corrected chi connectivity index (χ1v) is 9.35. The number of hydrogen-bond donors (Lipinski definition) is 2. The first-order valence-electron chi connectivity index (χ1n) is 9.35. The zero-order valence-electron chi connectivity index (χ0n) is 16.2. The summed E-state index contributed by atoms with van der Waals surface area (Å²) in [6, 6.07) is 16.5. The van der Waals surface area contributed by atoms with Crippen molar-refractivity contribution in [3.05, 3.63) is 77.9 Å². The SMILES string of the molecule is CN=C(NCCc1coc(-c2ccc(F)cc2)n1)NCC(C)c1ccccc1. The molecule has 0 aliphatic heterocycles. The average molecular weight is 380 g/mol. The van der Waals surface area contributed by atoms with Crippen molar-refractivity contribution in [2.75, 3.05) is 20.1 Å². The Bertz CT molecular complexity index is 890. The Morgan fingerprint density at radius 3 is 2.57 bits per heavy atom. The summed E-state index contributed by atoms with van der Waals surface area (Å²) in [6.45, 7) is 3.65. The number of oxazole rings is 1. The zero-order chi connectivity index (χ0) is 19.8. The lowest BCUT2D eigenvalue weighted by molar-refractivity contribution is 0.571. The van der Waals surface area contributed by atoms with Crippen LogP contribution in [0.15, 0.2) is 70.3 Å². The van der Waals surface area contributed by atoms with Crippen LogP contribution in [0.4, 0.5) is 4.39 Å². The number of nitrogens with zero attached hydrogens (tertiary/aromatic N) is 2. The number of hydrogen-bond acceptors (Lipinski definition) is 3. The third-order valence-electron chi connectivity index (χ3n) is 4.48. The minimum Gasteiger partial charge on any atom is -0.444 e. The van der Waals surface area contributed by atoms with Gasteiger partial charge in [0, 0.05) is 32.1 Å². The number of guanidine groups is 1. The second kappa shape index (κ2) is 9.69. The normalized spacial score (nSPS) is 12.6. The fraction of sp³-hybridized carbons (Fsp3) is 0.273. The van der Waals surface area contributed by atoms with Gasteiger partial charge in [-0.25, -0.2) is 9.37 Å². The first kappa shape index (κ1) is 19.6. The van der Waals surface area contributed by atoms with E-state index in [-0.39, 0.29) is 5.82 Å². The summed E-state index contributed by atoms with van der Waals surface area (Å²) in [4.78, 5) is 8.72. The van der Waals surface area contributed by atoms with E-state index in [1.54, 1.807) is 25.4 Å². The highest BCUT2D eigenvalue weighted by Crippen LogP contribution is 2.19. The second-order valence-electron chi connectivity index (χ2n) is 6.59. The Morgan fingerprint density at radius 1 is 1.11 bits per heavy atom. The van der Waals surface area contributed by atoms with Crippen LogP contribution >= 0.6 is 0 Å². The maximum absolute atomic E-state index is 13.0. The third-order valence-corrected chi connectivity index (χ3v) is 4.48. The summed E-state index contributed by atoms with van der Waals surface area (Å²) < 4.78 is 18.5. The first-order chi connectivity index (χ1) is 13.7. The fourth-order valence-corrected chi connectivity index (χ4v) is 2.83. The lowest BCUT2D eigenvalue weighted by Gasteiger charge is -2.16. The number of aliphatic imine (C=N–C) groups is 1. The molecule has 0 radical (unpaired) electrons. The number of aromatic nitrogens is 1. The Balaban J connectivity index is 1.45. The van der Waals surface area contributed by atoms with Crippen molar-refractivity contribution in [1.82, 2.24) is 15.6 Å². The highest BCUT2D eigenvalue weighted by atomic mass is 19.1. The van der Waals surface area contributed by atoms with Crippen LogP contribution in [0.1, 0.15) is 24.1 Å². The van der Waals surface area contributed by atoms with Gasteiger partial charge in [0.05, 0.1) is 5.69 Å². The van der Waals surface area contributed by atoms with Gasteiger partial charge in [-0.1, -0.05) is 37.3 Å². The van der Waals surface area contributed by atoms with Gasteiger partial charge in [0.2, 0.25) is 5.89 Å². The van der Waals surface area contributed by atoms with Crippen molar-refractivity contribution in [3.8, 4) is 11.5 Å². The van der Waals surface area contributed by atoms with Crippen LogP contribution in [0.25, 0.3) is 11.5 Å². The van der Waals surface area contributed by atoms with E-state index in [0.29, 0.717) is 24.8 Å². The maximum atomic E-state index is 13.0. The van der Waals surface area contributed by atoms with Crippen LogP contribution in [0.5, 0.6) is 0 Å². The quantitative estimate of drug-likeness (QED) is 0.481. The van der Waals surface area contributed by atoms with Gasteiger partial charge in [-0.05, 0) is 35.7 Å². The molecule has 146 valence electrons. The summed E-state index contributed by atoms with van der Waals surface area (Å²) in [5.41, 5.74) is 2.88. The number of benzene rings is 2. The molecule has 0 fully saturated rings. The van der Waals surface area contributed by atoms with Crippen molar-refractivity contribution >= 4 is 5.96 Å². The average Bonchev–Trinajstić information content (AvgIpc) is 3.20. The van der Waals surface area contributed by atoms with Gasteiger partial charge in [-0.15, -0.1) is 0 Å². The van der Waals surface area contributed by atoms with Gasteiger partial charge in [0.25, 0.3) is 0 Å². The van der Waals surface area contributed by atoms with Crippen molar-refractivity contribution in [2.45, 2.75) is 19.3 Å². The Kier molecular flexibility index (Phi) is 6.78. The molecule has 3 rings (SSSR count). The van der Waals surface area contributed by atoms with Gasteiger partial charge in [0.15, 0.2) is 5.96 Å². The molecule has 5 nitrogen and oxygen atoms in total. The van der Waals surface area contributed by atoms with Gasteiger partial charge in [-0.3, -0.25) is 4.99 Å². The highest BCUT2D eigenvalue weighted by molar-refractivity contribution is 5.79. The molecule has 0 spiro atoms. The highest BCUT2D eigenvalue weighted by Gasteiger charge is 2.08. The lowest BCUT2D eigenvalue weighted by atomic mass is 10.0.